The Bertz CT molecular complexity index is 493. The van der Waals surface area contributed by atoms with E-state index in [0.717, 1.165) is 5.56 Å². The zero-order chi connectivity index (χ0) is 13.9. The van der Waals surface area contributed by atoms with Gasteiger partial charge in [0.05, 0.1) is 11.1 Å². The first kappa shape index (κ1) is 15.0. The fourth-order valence-electron chi connectivity index (χ4n) is 1.47. The number of rotatable bonds is 4. The second-order valence-electron chi connectivity index (χ2n) is 4.78. The molecule has 5 heteroatoms. The molecule has 100 valence electrons. The van der Waals surface area contributed by atoms with Crippen LogP contribution in [0.4, 0.5) is 0 Å². The van der Waals surface area contributed by atoms with Gasteiger partial charge in [0.1, 0.15) is 6.04 Å². The monoisotopic (exact) mass is 315 g/mol. The standard InChI is InChI=1S/C13H18BrNO3/c1-8(2)7-18-13(17)10(4)15-6-9(3)5-11(14)12(15)16/h5-6,8,10H,7H2,1-4H3. The Morgan fingerprint density at radius 1 is 1.44 bits per heavy atom. The second-order valence-corrected chi connectivity index (χ2v) is 5.63. The van der Waals surface area contributed by atoms with Gasteiger partial charge in [0.25, 0.3) is 5.56 Å². The predicted molar refractivity (Wildman–Crippen MR) is 73.6 cm³/mol. The normalized spacial score (nSPS) is 12.6. The van der Waals surface area contributed by atoms with Crippen molar-refractivity contribution in [1.82, 2.24) is 4.57 Å². The van der Waals surface area contributed by atoms with Gasteiger partial charge in [-0.2, -0.15) is 0 Å². The lowest BCUT2D eigenvalue weighted by Crippen LogP contribution is -2.30. The van der Waals surface area contributed by atoms with Gasteiger partial charge in [-0.05, 0) is 47.3 Å². The van der Waals surface area contributed by atoms with Crippen molar-refractivity contribution >= 4 is 21.9 Å². The van der Waals surface area contributed by atoms with Crippen LogP contribution in [0.2, 0.25) is 0 Å². The van der Waals surface area contributed by atoms with E-state index in [9.17, 15) is 9.59 Å². The van der Waals surface area contributed by atoms with Crippen molar-refractivity contribution in [1.29, 1.82) is 0 Å². The summed E-state index contributed by atoms with van der Waals surface area (Å²) in [5.41, 5.74) is 0.680. The number of carbonyl (C=O) groups excluding carboxylic acids is 1. The van der Waals surface area contributed by atoms with E-state index in [0.29, 0.717) is 11.1 Å². The molecule has 1 aromatic rings. The number of pyridine rings is 1. The van der Waals surface area contributed by atoms with Crippen LogP contribution in [0, 0.1) is 12.8 Å². The molecule has 0 bridgehead atoms. The van der Waals surface area contributed by atoms with Gasteiger partial charge in [-0.15, -0.1) is 0 Å². The minimum Gasteiger partial charge on any atom is -0.464 e. The Morgan fingerprint density at radius 2 is 2.06 bits per heavy atom. The minimum absolute atomic E-state index is 0.227. The maximum Gasteiger partial charge on any atom is 0.328 e. The van der Waals surface area contributed by atoms with Crippen LogP contribution in [0.1, 0.15) is 32.4 Å². The lowest BCUT2D eigenvalue weighted by Gasteiger charge is -2.16. The first-order valence-electron chi connectivity index (χ1n) is 5.88. The van der Waals surface area contributed by atoms with Crippen molar-refractivity contribution in [2.75, 3.05) is 6.61 Å². The molecule has 0 aliphatic heterocycles. The van der Waals surface area contributed by atoms with Gasteiger partial charge in [0.15, 0.2) is 0 Å². The molecule has 0 aliphatic carbocycles. The highest BCUT2D eigenvalue weighted by Gasteiger charge is 2.19. The maximum atomic E-state index is 11.9. The SMILES string of the molecule is Cc1cc(Br)c(=O)n(C(C)C(=O)OCC(C)C)c1. The molecule has 1 unspecified atom stereocenters. The summed E-state index contributed by atoms with van der Waals surface area (Å²) in [7, 11) is 0. The van der Waals surface area contributed by atoms with Crippen molar-refractivity contribution in [3.05, 3.63) is 32.7 Å². The topological polar surface area (TPSA) is 48.3 Å². The summed E-state index contributed by atoms with van der Waals surface area (Å²) in [5.74, 6) is -0.106. The van der Waals surface area contributed by atoms with Gasteiger partial charge >= 0.3 is 5.97 Å². The third-order valence-electron chi connectivity index (χ3n) is 2.45. The summed E-state index contributed by atoms with van der Waals surface area (Å²) < 4.78 is 6.98. The molecule has 0 aliphatic rings. The van der Waals surface area contributed by atoms with Crippen molar-refractivity contribution in [3.63, 3.8) is 0 Å². The lowest BCUT2D eigenvalue weighted by molar-refractivity contribution is -0.148. The molecule has 1 aromatic heterocycles. The van der Waals surface area contributed by atoms with Crippen LogP contribution in [0.25, 0.3) is 0 Å². The predicted octanol–water partition coefficient (Wildman–Crippen LogP) is 2.68. The Kier molecular flexibility index (Phi) is 5.14. The number of aryl methyl sites for hydroxylation is 1. The summed E-state index contributed by atoms with van der Waals surface area (Å²) in [6.45, 7) is 7.83. The number of hydrogen-bond donors (Lipinski definition) is 0. The van der Waals surface area contributed by atoms with Gasteiger partial charge in [0, 0.05) is 6.20 Å². The molecule has 0 N–H and O–H groups in total. The molecular weight excluding hydrogens is 298 g/mol. The zero-order valence-corrected chi connectivity index (χ0v) is 12.7. The number of hydrogen-bond acceptors (Lipinski definition) is 3. The molecule has 18 heavy (non-hydrogen) atoms. The summed E-state index contributed by atoms with van der Waals surface area (Å²) in [6, 6.07) is 1.11. The van der Waals surface area contributed by atoms with Crippen LogP contribution in [0.15, 0.2) is 21.5 Å². The van der Waals surface area contributed by atoms with E-state index in [4.69, 9.17) is 4.74 Å². The number of carbonyl (C=O) groups is 1. The number of ether oxygens (including phenoxy) is 1. The third-order valence-corrected chi connectivity index (χ3v) is 3.02. The van der Waals surface area contributed by atoms with E-state index in [-0.39, 0.29) is 17.4 Å². The van der Waals surface area contributed by atoms with Crippen molar-refractivity contribution in [2.45, 2.75) is 33.7 Å². The fraction of sp³-hybridized carbons (Fsp3) is 0.538. The molecule has 0 radical (unpaired) electrons. The minimum atomic E-state index is -0.618. The molecule has 0 saturated carbocycles. The third kappa shape index (κ3) is 3.70. The fourth-order valence-corrected chi connectivity index (χ4v) is 2.04. The molecule has 1 heterocycles. The van der Waals surface area contributed by atoms with Crippen LogP contribution >= 0.6 is 15.9 Å². The largest absolute Gasteiger partial charge is 0.464 e. The van der Waals surface area contributed by atoms with Gasteiger partial charge in [0.2, 0.25) is 0 Å². The molecule has 0 saturated heterocycles. The molecule has 1 rings (SSSR count). The summed E-state index contributed by atoms with van der Waals surface area (Å²) in [4.78, 5) is 23.7. The van der Waals surface area contributed by atoms with E-state index in [1.807, 2.05) is 20.8 Å². The smallest absolute Gasteiger partial charge is 0.328 e. The van der Waals surface area contributed by atoms with Gasteiger partial charge < -0.3 is 9.30 Å². The quantitative estimate of drug-likeness (QED) is 0.803. The van der Waals surface area contributed by atoms with Crippen LogP contribution in [-0.4, -0.2) is 17.1 Å². The Hall–Kier alpha value is -1.10. The molecule has 1 atom stereocenters. The maximum absolute atomic E-state index is 11.9. The van der Waals surface area contributed by atoms with E-state index >= 15 is 0 Å². The molecular formula is C13H18BrNO3. The van der Waals surface area contributed by atoms with Crippen LogP contribution < -0.4 is 5.56 Å². The highest BCUT2D eigenvalue weighted by molar-refractivity contribution is 9.10. The van der Waals surface area contributed by atoms with E-state index < -0.39 is 6.04 Å². The van der Waals surface area contributed by atoms with Crippen molar-refractivity contribution < 1.29 is 9.53 Å². The number of nitrogens with zero attached hydrogens (tertiary/aromatic N) is 1. The van der Waals surface area contributed by atoms with Gasteiger partial charge in [-0.1, -0.05) is 13.8 Å². The Balaban J connectivity index is 2.93. The van der Waals surface area contributed by atoms with Crippen molar-refractivity contribution in [2.24, 2.45) is 5.92 Å². The molecule has 0 spiro atoms. The molecule has 0 fully saturated rings. The number of halogens is 1. The first-order valence-corrected chi connectivity index (χ1v) is 6.67. The Labute approximate surface area is 115 Å². The van der Waals surface area contributed by atoms with E-state index in [1.165, 1.54) is 4.57 Å². The van der Waals surface area contributed by atoms with Gasteiger partial charge in [-0.3, -0.25) is 4.79 Å². The van der Waals surface area contributed by atoms with E-state index in [1.54, 1.807) is 19.2 Å². The number of esters is 1. The molecule has 4 nitrogen and oxygen atoms in total. The second kappa shape index (κ2) is 6.18. The van der Waals surface area contributed by atoms with Crippen LogP contribution in [0.5, 0.6) is 0 Å². The molecule has 0 amide bonds. The lowest BCUT2D eigenvalue weighted by atomic mass is 10.2. The number of aromatic nitrogens is 1. The Morgan fingerprint density at radius 3 is 2.61 bits per heavy atom. The van der Waals surface area contributed by atoms with Crippen LogP contribution in [0.3, 0.4) is 0 Å². The first-order chi connectivity index (χ1) is 8.32. The van der Waals surface area contributed by atoms with Crippen molar-refractivity contribution in [3.8, 4) is 0 Å². The zero-order valence-electron chi connectivity index (χ0n) is 11.1. The highest BCUT2D eigenvalue weighted by atomic mass is 79.9. The van der Waals surface area contributed by atoms with E-state index in [2.05, 4.69) is 15.9 Å². The molecule has 0 aromatic carbocycles. The summed E-state index contributed by atoms with van der Waals surface area (Å²) >= 11 is 3.19. The van der Waals surface area contributed by atoms with Gasteiger partial charge in [-0.25, -0.2) is 4.79 Å². The summed E-state index contributed by atoms with van der Waals surface area (Å²) in [6.07, 6.45) is 1.66. The average molecular weight is 316 g/mol. The average Bonchev–Trinajstić information content (AvgIpc) is 2.29. The van der Waals surface area contributed by atoms with Crippen LogP contribution in [-0.2, 0) is 9.53 Å². The summed E-state index contributed by atoms with van der Waals surface area (Å²) in [5, 5.41) is 0. The highest BCUT2D eigenvalue weighted by Crippen LogP contribution is 2.12.